The fourth-order valence-electron chi connectivity index (χ4n) is 2.96. The summed E-state index contributed by atoms with van der Waals surface area (Å²) in [6.07, 6.45) is -13.7. The van der Waals surface area contributed by atoms with Crippen LogP contribution < -0.4 is 5.32 Å². The lowest BCUT2D eigenvalue weighted by atomic mass is 9.96. The first-order chi connectivity index (χ1) is 12.2. The average Bonchev–Trinajstić information content (AvgIpc) is 2.60. The van der Waals surface area contributed by atoms with Gasteiger partial charge in [-0.3, -0.25) is 4.79 Å². The Bertz CT molecular complexity index is 480. The molecule has 2 aliphatic rings. The topological polar surface area (TPSA) is 198 Å². The third kappa shape index (κ3) is 4.31. The summed E-state index contributed by atoms with van der Waals surface area (Å²) in [6, 6.07) is -1.29. The van der Waals surface area contributed by atoms with Crippen molar-refractivity contribution in [3.63, 3.8) is 0 Å². The Balaban J connectivity index is 2.18. The van der Waals surface area contributed by atoms with Crippen molar-refractivity contribution < 1.29 is 54.8 Å². The van der Waals surface area contributed by atoms with Crippen molar-refractivity contribution in [3.8, 4) is 0 Å². The molecule has 10 atom stereocenters. The predicted octanol–water partition coefficient (Wildman–Crippen LogP) is -5.25. The minimum absolute atomic E-state index is 0.581. The van der Waals surface area contributed by atoms with E-state index in [4.69, 9.17) is 19.3 Å². The zero-order valence-electron chi connectivity index (χ0n) is 14.0. The molecule has 2 fully saturated rings. The van der Waals surface area contributed by atoms with E-state index < -0.39 is 80.5 Å². The molecule has 12 nitrogen and oxygen atoms in total. The molecule has 0 aromatic carbocycles. The van der Waals surface area contributed by atoms with E-state index in [2.05, 4.69) is 5.32 Å². The Hall–Kier alpha value is -0.930. The summed E-state index contributed by atoms with van der Waals surface area (Å²) in [5.41, 5.74) is 0. The Kier molecular flexibility index (Phi) is 7.27. The third-order valence-electron chi connectivity index (χ3n) is 4.38. The highest BCUT2D eigenvalue weighted by molar-refractivity contribution is 5.73. The van der Waals surface area contributed by atoms with E-state index in [9.17, 15) is 35.4 Å². The highest BCUT2D eigenvalue weighted by Crippen LogP contribution is 2.28. The minimum atomic E-state index is -1.76. The lowest BCUT2D eigenvalue weighted by Gasteiger charge is -2.46. The molecule has 26 heavy (non-hydrogen) atoms. The number of carbonyl (C=O) groups excluding carboxylic acids is 1. The summed E-state index contributed by atoms with van der Waals surface area (Å²) >= 11 is 0. The van der Waals surface area contributed by atoms with Gasteiger partial charge in [-0.25, -0.2) is 0 Å². The molecule has 2 rings (SSSR count). The quantitative estimate of drug-likeness (QED) is 0.226. The molecule has 152 valence electrons. The van der Waals surface area contributed by atoms with Crippen molar-refractivity contribution in [2.75, 3.05) is 13.2 Å². The van der Waals surface area contributed by atoms with Gasteiger partial charge in [-0.2, -0.15) is 0 Å². The van der Waals surface area contributed by atoms with Crippen LogP contribution in [0.15, 0.2) is 0 Å². The van der Waals surface area contributed by atoms with Gasteiger partial charge in [0.1, 0.15) is 48.8 Å². The van der Waals surface area contributed by atoms with Gasteiger partial charge in [-0.15, -0.1) is 0 Å². The molecule has 0 aliphatic carbocycles. The van der Waals surface area contributed by atoms with E-state index in [0.29, 0.717) is 0 Å². The van der Waals surface area contributed by atoms with Crippen LogP contribution in [-0.2, 0) is 19.0 Å². The molecule has 2 heterocycles. The van der Waals surface area contributed by atoms with E-state index in [-0.39, 0.29) is 0 Å². The number of aliphatic hydroxyl groups is 7. The van der Waals surface area contributed by atoms with Gasteiger partial charge in [0.25, 0.3) is 0 Å². The summed E-state index contributed by atoms with van der Waals surface area (Å²) in [7, 11) is 0. The number of ether oxygens (including phenoxy) is 3. The fourth-order valence-corrected chi connectivity index (χ4v) is 2.96. The summed E-state index contributed by atoms with van der Waals surface area (Å²) < 4.78 is 15.7. The van der Waals surface area contributed by atoms with Gasteiger partial charge in [0, 0.05) is 6.92 Å². The molecular weight excluding hydrogens is 358 g/mol. The highest BCUT2D eigenvalue weighted by Gasteiger charge is 2.50. The van der Waals surface area contributed by atoms with Crippen LogP contribution in [0.4, 0.5) is 0 Å². The van der Waals surface area contributed by atoms with Gasteiger partial charge in [0.2, 0.25) is 5.91 Å². The first-order valence-corrected chi connectivity index (χ1v) is 8.06. The van der Waals surface area contributed by atoms with Crippen LogP contribution in [0.2, 0.25) is 0 Å². The molecule has 0 unspecified atom stereocenters. The molecule has 0 radical (unpaired) electrons. The number of rotatable bonds is 5. The second kappa shape index (κ2) is 8.84. The van der Waals surface area contributed by atoms with Gasteiger partial charge < -0.3 is 55.3 Å². The molecule has 0 aromatic rings. The largest absolute Gasteiger partial charge is 0.394 e. The second-order valence-corrected chi connectivity index (χ2v) is 6.26. The molecule has 2 aliphatic heterocycles. The van der Waals surface area contributed by atoms with Crippen molar-refractivity contribution in [1.82, 2.24) is 5.32 Å². The number of hydrogen-bond donors (Lipinski definition) is 8. The lowest BCUT2D eigenvalue weighted by molar-refractivity contribution is -0.348. The predicted molar refractivity (Wildman–Crippen MR) is 80.2 cm³/mol. The van der Waals surface area contributed by atoms with Gasteiger partial charge in [0.15, 0.2) is 12.6 Å². The van der Waals surface area contributed by atoms with Crippen LogP contribution in [0.3, 0.4) is 0 Å². The highest BCUT2D eigenvalue weighted by atomic mass is 16.7. The first-order valence-electron chi connectivity index (χ1n) is 8.06. The van der Waals surface area contributed by atoms with E-state index in [1.807, 2.05) is 0 Å². The lowest BCUT2D eigenvalue weighted by Crippen LogP contribution is -2.67. The van der Waals surface area contributed by atoms with E-state index in [1.54, 1.807) is 0 Å². The zero-order valence-corrected chi connectivity index (χ0v) is 14.0. The fraction of sp³-hybridized carbons (Fsp3) is 0.929. The third-order valence-corrected chi connectivity index (χ3v) is 4.38. The zero-order chi connectivity index (χ0) is 19.6. The smallest absolute Gasteiger partial charge is 0.217 e. The van der Waals surface area contributed by atoms with Gasteiger partial charge in [0.05, 0.1) is 13.2 Å². The van der Waals surface area contributed by atoms with Crippen molar-refractivity contribution in [1.29, 1.82) is 0 Å². The molecule has 0 bridgehead atoms. The first kappa shape index (κ1) is 21.4. The number of aliphatic hydroxyl groups excluding tert-OH is 7. The maximum Gasteiger partial charge on any atom is 0.217 e. The summed E-state index contributed by atoms with van der Waals surface area (Å²) in [4.78, 5) is 11.4. The molecule has 8 N–H and O–H groups in total. The van der Waals surface area contributed by atoms with Crippen molar-refractivity contribution in [2.24, 2.45) is 0 Å². The Morgan fingerprint density at radius 1 is 0.923 bits per heavy atom. The molecule has 2 saturated heterocycles. The van der Waals surface area contributed by atoms with Gasteiger partial charge in [-0.1, -0.05) is 0 Å². The van der Waals surface area contributed by atoms with Crippen molar-refractivity contribution in [3.05, 3.63) is 0 Å². The van der Waals surface area contributed by atoms with Gasteiger partial charge >= 0.3 is 0 Å². The van der Waals surface area contributed by atoms with Crippen LogP contribution >= 0.6 is 0 Å². The summed E-state index contributed by atoms with van der Waals surface area (Å²) in [5, 5.41) is 70.7. The number of hydrogen-bond acceptors (Lipinski definition) is 11. The van der Waals surface area contributed by atoms with Crippen molar-refractivity contribution >= 4 is 5.91 Å². The SMILES string of the molecule is CC(=O)N[C@H]1[C@H](O[C@@H]2[C@@H](O)[C@@H](O)[C@@H](CO)O[C@@H]2O)O[C@H](CO)[C@H](O)[C@@H]1O. The van der Waals surface area contributed by atoms with Crippen LogP contribution in [-0.4, -0.2) is 116 Å². The summed E-state index contributed by atoms with van der Waals surface area (Å²) in [5.74, 6) is -0.581. The number of carbonyl (C=O) groups is 1. The Morgan fingerprint density at radius 3 is 2.00 bits per heavy atom. The van der Waals surface area contributed by atoms with E-state index in [0.717, 1.165) is 6.92 Å². The minimum Gasteiger partial charge on any atom is -0.394 e. The monoisotopic (exact) mass is 383 g/mol. The molecule has 0 saturated carbocycles. The molecule has 0 spiro atoms. The number of nitrogens with one attached hydrogen (secondary N) is 1. The van der Waals surface area contributed by atoms with Gasteiger partial charge in [-0.05, 0) is 0 Å². The average molecular weight is 383 g/mol. The molecule has 0 aromatic heterocycles. The second-order valence-electron chi connectivity index (χ2n) is 6.26. The maximum atomic E-state index is 11.4. The van der Waals surface area contributed by atoms with Crippen LogP contribution in [0.25, 0.3) is 0 Å². The van der Waals surface area contributed by atoms with Crippen LogP contribution in [0.5, 0.6) is 0 Å². The number of amides is 1. The molecular formula is C14H25NO11. The van der Waals surface area contributed by atoms with Crippen LogP contribution in [0, 0.1) is 0 Å². The maximum absolute atomic E-state index is 11.4. The van der Waals surface area contributed by atoms with E-state index in [1.165, 1.54) is 0 Å². The summed E-state index contributed by atoms with van der Waals surface area (Å²) in [6.45, 7) is -0.183. The van der Waals surface area contributed by atoms with E-state index >= 15 is 0 Å². The Morgan fingerprint density at radius 2 is 1.46 bits per heavy atom. The molecule has 12 heteroatoms. The normalized spacial score (nSPS) is 46.8. The van der Waals surface area contributed by atoms with Crippen molar-refractivity contribution in [2.45, 2.75) is 68.3 Å². The Labute approximate surface area is 148 Å². The van der Waals surface area contributed by atoms with Crippen LogP contribution in [0.1, 0.15) is 6.92 Å². The molecule has 1 amide bonds. The standard InChI is InChI=1S/C14H25NO11/c1-4(18)15-7-10(21)8(19)6(3-17)25-14(7)26-12-11(22)9(20)5(2-16)24-13(12)23/h5-14,16-17,19-23H,2-3H2,1H3,(H,15,18)/t5-,6-,7-,8+,9+,10-,11+,12-,13+,14+/m1/s1.